The molecule has 2 nitrogen and oxygen atoms in total. The number of rotatable bonds is 0. The van der Waals surface area contributed by atoms with Crippen molar-refractivity contribution in [3.63, 3.8) is 0 Å². The molecule has 0 aromatic heterocycles. The van der Waals surface area contributed by atoms with E-state index in [1.807, 2.05) is 0 Å². The standard InChI is InChI=1S/C6H7NO.ClH/c7-5-3-1-2-4-6(5)8;/h1-4,8H,7H2;1H. The second-order valence-electron chi connectivity index (χ2n) is 1.56. The van der Waals surface area contributed by atoms with Crippen LogP contribution in [0.15, 0.2) is 24.3 Å². The molecule has 0 aliphatic rings. The number of phenolic OH excluding ortho intramolecular Hbond substituents is 1. The summed E-state index contributed by atoms with van der Waals surface area (Å²) < 4.78 is 0. The molecule has 0 unspecified atom stereocenters. The molecule has 0 saturated heterocycles. The van der Waals surface area contributed by atoms with Gasteiger partial charge < -0.3 is 10.8 Å². The Morgan fingerprint density at radius 2 is 1.78 bits per heavy atom. The first-order valence-electron chi connectivity index (χ1n) is 2.34. The number of aromatic hydroxyl groups is 1. The molecule has 0 radical (unpaired) electrons. The third kappa shape index (κ3) is 1.82. The van der Waals surface area contributed by atoms with Crippen LogP contribution in [0, 0.1) is 0 Å². The molecular formula is C6H8ClNO. The van der Waals surface area contributed by atoms with E-state index < -0.39 is 0 Å². The molecule has 0 amide bonds. The van der Waals surface area contributed by atoms with Gasteiger partial charge in [0.1, 0.15) is 5.75 Å². The topological polar surface area (TPSA) is 46.2 Å². The summed E-state index contributed by atoms with van der Waals surface area (Å²) >= 11 is 0. The van der Waals surface area contributed by atoms with Gasteiger partial charge in [-0.05, 0) is 12.1 Å². The first-order valence-corrected chi connectivity index (χ1v) is 2.34. The van der Waals surface area contributed by atoms with Crippen LogP contribution in [0.1, 0.15) is 0 Å². The Kier molecular flexibility index (Phi) is 2.88. The van der Waals surface area contributed by atoms with Gasteiger partial charge in [-0.2, -0.15) is 0 Å². The average molecular weight is 146 g/mol. The SMILES string of the molecule is Cl.Nc1ccccc1O. The number of hydrogen-bond donors (Lipinski definition) is 2. The van der Waals surface area contributed by atoms with Crippen molar-refractivity contribution in [1.82, 2.24) is 0 Å². The fourth-order valence-corrected chi connectivity index (χ4v) is 0.488. The van der Waals surface area contributed by atoms with Gasteiger partial charge in [-0.3, -0.25) is 0 Å². The zero-order valence-electron chi connectivity index (χ0n) is 4.74. The zero-order chi connectivity index (χ0) is 5.98. The molecule has 0 spiro atoms. The lowest BCUT2D eigenvalue weighted by Gasteiger charge is -1.92. The molecule has 3 N–H and O–H groups in total. The third-order valence-electron chi connectivity index (χ3n) is 0.937. The first-order chi connectivity index (χ1) is 3.80. The van der Waals surface area contributed by atoms with Gasteiger partial charge in [0.25, 0.3) is 0 Å². The predicted octanol–water partition coefficient (Wildman–Crippen LogP) is 1.40. The molecule has 1 rings (SSSR count). The van der Waals surface area contributed by atoms with Gasteiger partial charge in [0.2, 0.25) is 0 Å². The molecule has 0 atom stereocenters. The molecule has 0 bridgehead atoms. The Morgan fingerprint density at radius 3 is 2.11 bits per heavy atom. The van der Waals surface area contributed by atoms with Crippen LogP contribution in [0.3, 0.4) is 0 Å². The molecule has 0 fully saturated rings. The van der Waals surface area contributed by atoms with E-state index in [9.17, 15) is 0 Å². The molecule has 3 heteroatoms. The highest BCUT2D eigenvalue weighted by molar-refractivity contribution is 5.85. The number of anilines is 1. The summed E-state index contributed by atoms with van der Waals surface area (Å²) in [5.74, 6) is 0.146. The Balaban J connectivity index is 0.000000640. The van der Waals surface area contributed by atoms with Crippen LogP contribution in [-0.4, -0.2) is 5.11 Å². The highest BCUT2D eigenvalue weighted by Gasteiger charge is 1.87. The number of hydrogen-bond acceptors (Lipinski definition) is 2. The van der Waals surface area contributed by atoms with E-state index in [4.69, 9.17) is 10.8 Å². The fourth-order valence-electron chi connectivity index (χ4n) is 0.488. The summed E-state index contributed by atoms with van der Waals surface area (Å²) in [6.45, 7) is 0. The molecule has 0 heterocycles. The van der Waals surface area contributed by atoms with Crippen LogP contribution >= 0.6 is 12.4 Å². The van der Waals surface area contributed by atoms with E-state index >= 15 is 0 Å². The number of para-hydroxylation sites is 2. The number of phenols is 1. The minimum absolute atomic E-state index is 0. The van der Waals surface area contributed by atoms with Crippen LogP contribution in [0.25, 0.3) is 0 Å². The van der Waals surface area contributed by atoms with Gasteiger partial charge in [-0.15, -0.1) is 12.4 Å². The molecule has 0 aliphatic heterocycles. The van der Waals surface area contributed by atoms with E-state index in [1.54, 1.807) is 24.3 Å². The predicted molar refractivity (Wildman–Crippen MR) is 39.8 cm³/mol. The van der Waals surface area contributed by atoms with Gasteiger partial charge in [-0.25, -0.2) is 0 Å². The Morgan fingerprint density at radius 1 is 1.22 bits per heavy atom. The lowest BCUT2D eigenvalue weighted by Crippen LogP contribution is -1.82. The van der Waals surface area contributed by atoms with E-state index in [1.165, 1.54) is 0 Å². The largest absolute Gasteiger partial charge is 0.506 e. The highest BCUT2D eigenvalue weighted by Crippen LogP contribution is 2.16. The fraction of sp³-hybridized carbons (Fsp3) is 0. The first kappa shape index (κ1) is 8.11. The maximum Gasteiger partial charge on any atom is 0.138 e. The van der Waals surface area contributed by atoms with Crippen molar-refractivity contribution in [2.45, 2.75) is 0 Å². The Labute approximate surface area is 59.7 Å². The van der Waals surface area contributed by atoms with Gasteiger partial charge in [-0.1, -0.05) is 12.1 Å². The normalized spacial score (nSPS) is 8.00. The average Bonchev–Trinajstić information content (AvgIpc) is 1.77. The van der Waals surface area contributed by atoms with Crippen molar-refractivity contribution in [3.8, 4) is 5.75 Å². The van der Waals surface area contributed by atoms with E-state index in [0.29, 0.717) is 5.69 Å². The van der Waals surface area contributed by atoms with Gasteiger partial charge in [0.15, 0.2) is 0 Å². The Bertz CT molecular complexity index is 169. The van der Waals surface area contributed by atoms with Crippen molar-refractivity contribution < 1.29 is 5.11 Å². The molecule has 9 heavy (non-hydrogen) atoms. The van der Waals surface area contributed by atoms with Crippen LogP contribution in [0.2, 0.25) is 0 Å². The molecular weight excluding hydrogens is 138 g/mol. The second kappa shape index (κ2) is 3.20. The second-order valence-corrected chi connectivity index (χ2v) is 1.56. The summed E-state index contributed by atoms with van der Waals surface area (Å²) in [7, 11) is 0. The van der Waals surface area contributed by atoms with Gasteiger partial charge >= 0.3 is 0 Å². The van der Waals surface area contributed by atoms with Crippen molar-refractivity contribution in [2.24, 2.45) is 0 Å². The molecule has 50 valence electrons. The van der Waals surface area contributed by atoms with Crippen molar-refractivity contribution >= 4 is 18.1 Å². The summed E-state index contributed by atoms with van der Waals surface area (Å²) in [6.07, 6.45) is 0. The Hall–Kier alpha value is -0.890. The quantitative estimate of drug-likeness (QED) is 0.428. The van der Waals surface area contributed by atoms with E-state index in [0.717, 1.165) is 0 Å². The van der Waals surface area contributed by atoms with Crippen molar-refractivity contribution in [3.05, 3.63) is 24.3 Å². The van der Waals surface area contributed by atoms with E-state index in [2.05, 4.69) is 0 Å². The monoisotopic (exact) mass is 145 g/mol. The van der Waals surface area contributed by atoms with Gasteiger partial charge in [0.05, 0.1) is 5.69 Å². The minimum Gasteiger partial charge on any atom is -0.506 e. The third-order valence-corrected chi connectivity index (χ3v) is 0.937. The molecule has 0 aliphatic carbocycles. The number of nitrogen functional groups attached to an aromatic ring is 1. The number of benzene rings is 1. The van der Waals surface area contributed by atoms with Crippen molar-refractivity contribution in [2.75, 3.05) is 5.73 Å². The highest BCUT2D eigenvalue weighted by atomic mass is 35.5. The zero-order valence-corrected chi connectivity index (χ0v) is 5.56. The minimum atomic E-state index is 0. The smallest absolute Gasteiger partial charge is 0.138 e. The number of nitrogens with two attached hydrogens (primary N) is 1. The van der Waals surface area contributed by atoms with Crippen LogP contribution < -0.4 is 5.73 Å². The van der Waals surface area contributed by atoms with Gasteiger partial charge in [0, 0.05) is 0 Å². The van der Waals surface area contributed by atoms with E-state index in [-0.39, 0.29) is 18.2 Å². The van der Waals surface area contributed by atoms with Crippen LogP contribution in [0.4, 0.5) is 5.69 Å². The maximum atomic E-state index is 8.79. The van der Waals surface area contributed by atoms with Crippen molar-refractivity contribution in [1.29, 1.82) is 0 Å². The summed E-state index contributed by atoms with van der Waals surface area (Å²) in [4.78, 5) is 0. The maximum absolute atomic E-state index is 8.79. The lowest BCUT2D eigenvalue weighted by molar-refractivity contribution is 0.478. The molecule has 1 aromatic rings. The summed E-state index contributed by atoms with van der Waals surface area (Å²) in [5.41, 5.74) is 5.69. The summed E-state index contributed by atoms with van der Waals surface area (Å²) in [6, 6.07) is 6.70. The van der Waals surface area contributed by atoms with Crippen LogP contribution in [0.5, 0.6) is 5.75 Å². The number of halogens is 1. The van der Waals surface area contributed by atoms with Crippen LogP contribution in [-0.2, 0) is 0 Å². The lowest BCUT2D eigenvalue weighted by atomic mass is 10.3. The molecule has 1 aromatic carbocycles. The summed E-state index contributed by atoms with van der Waals surface area (Å²) in [5, 5.41) is 8.79. The molecule has 0 saturated carbocycles.